The fourth-order valence-corrected chi connectivity index (χ4v) is 3.38. The summed E-state index contributed by atoms with van der Waals surface area (Å²) in [5.74, 6) is -0.628. The minimum absolute atomic E-state index is 0.103. The van der Waals surface area contributed by atoms with Gasteiger partial charge in [-0.1, -0.05) is 49.6 Å². The second-order valence-electron chi connectivity index (χ2n) is 5.69. The molecule has 0 atom stereocenters. The van der Waals surface area contributed by atoms with Crippen LogP contribution in [0.2, 0.25) is 0 Å². The summed E-state index contributed by atoms with van der Waals surface area (Å²) in [5.41, 5.74) is 0.587. The Morgan fingerprint density at radius 2 is 1.76 bits per heavy atom. The van der Waals surface area contributed by atoms with Crippen molar-refractivity contribution in [1.29, 1.82) is 0 Å². The molecule has 1 aromatic heterocycles. The van der Waals surface area contributed by atoms with Gasteiger partial charge in [0.05, 0.1) is 17.2 Å². The highest BCUT2D eigenvalue weighted by Gasteiger charge is 2.42. The van der Waals surface area contributed by atoms with Crippen LogP contribution in [-0.2, 0) is 5.41 Å². The van der Waals surface area contributed by atoms with E-state index < -0.39 is 11.2 Å². The van der Waals surface area contributed by atoms with E-state index in [1.54, 1.807) is 0 Å². The summed E-state index contributed by atoms with van der Waals surface area (Å²) in [5, 5.41) is 0. The smallest absolute Gasteiger partial charge is 0.176 e. The summed E-state index contributed by atoms with van der Waals surface area (Å²) >= 11 is 0. The van der Waals surface area contributed by atoms with Crippen molar-refractivity contribution in [3.63, 3.8) is 0 Å². The third-order valence-corrected chi connectivity index (χ3v) is 4.49. The molecular weight excluding hydrogens is 265 g/mol. The second kappa shape index (κ2) is 5.76. The van der Waals surface area contributed by atoms with Gasteiger partial charge in [-0.05, 0) is 24.5 Å². The van der Waals surface area contributed by atoms with Crippen molar-refractivity contribution >= 4 is 5.78 Å². The molecule has 1 aliphatic carbocycles. The van der Waals surface area contributed by atoms with Crippen molar-refractivity contribution in [3.8, 4) is 0 Å². The molecule has 1 aliphatic rings. The van der Waals surface area contributed by atoms with E-state index in [4.69, 9.17) is 0 Å². The molecular formula is C18H18FNO. The summed E-state index contributed by atoms with van der Waals surface area (Å²) in [6, 6.07) is 11.3. The first-order valence-electron chi connectivity index (χ1n) is 7.44. The maximum atomic E-state index is 14.0. The molecule has 0 saturated heterocycles. The van der Waals surface area contributed by atoms with Crippen LogP contribution in [0.5, 0.6) is 0 Å². The van der Waals surface area contributed by atoms with Gasteiger partial charge in [0.15, 0.2) is 11.6 Å². The van der Waals surface area contributed by atoms with Crippen LogP contribution in [0.4, 0.5) is 4.39 Å². The molecule has 108 valence electrons. The van der Waals surface area contributed by atoms with Crippen LogP contribution < -0.4 is 0 Å². The molecule has 1 aromatic carbocycles. The van der Waals surface area contributed by atoms with Crippen LogP contribution in [-0.4, -0.2) is 10.8 Å². The van der Waals surface area contributed by atoms with Crippen LogP contribution in [0.15, 0.2) is 48.8 Å². The predicted octanol–water partition coefficient (Wildman–Crippen LogP) is 4.31. The molecule has 0 N–H and O–H groups in total. The Hall–Kier alpha value is -2.03. The number of aromatic nitrogens is 1. The lowest BCUT2D eigenvalue weighted by molar-refractivity contribution is 0.0835. The van der Waals surface area contributed by atoms with E-state index in [-0.39, 0.29) is 11.3 Å². The van der Waals surface area contributed by atoms with Crippen LogP contribution in [0.25, 0.3) is 0 Å². The topological polar surface area (TPSA) is 30.0 Å². The van der Waals surface area contributed by atoms with E-state index in [2.05, 4.69) is 4.98 Å². The van der Waals surface area contributed by atoms with Gasteiger partial charge in [0, 0.05) is 6.20 Å². The number of ketones is 1. The summed E-state index contributed by atoms with van der Waals surface area (Å²) in [7, 11) is 0. The van der Waals surface area contributed by atoms with Crippen LogP contribution in [0.3, 0.4) is 0 Å². The number of Topliss-reactive ketones (excluding diaryl/α,β-unsaturated/α-hetero) is 1. The highest BCUT2D eigenvalue weighted by molar-refractivity contribution is 6.04. The van der Waals surface area contributed by atoms with Crippen molar-refractivity contribution in [2.24, 2.45) is 0 Å². The molecule has 3 rings (SSSR count). The number of hydrogen-bond acceptors (Lipinski definition) is 2. The highest BCUT2D eigenvalue weighted by atomic mass is 19.1. The van der Waals surface area contributed by atoms with E-state index in [1.165, 1.54) is 12.3 Å². The van der Waals surface area contributed by atoms with Crippen LogP contribution >= 0.6 is 0 Å². The lowest BCUT2D eigenvalue weighted by Gasteiger charge is -2.36. The fraction of sp³-hybridized carbons (Fsp3) is 0.333. The van der Waals surface area contributed by atoms with E-state index in [1.807, 2.05) is 30.3 Å². The Bertz CT molecular complexity index is 633. The highest BCUT2D eigenvalue weighted by Crippen LogP contribution is 2.42. The summed E-state index contributed by atoms with van der Waals surface area (Å²) in [6.07, 6.45) is 7.34. The van der Waals surface area contributed by atoms with E-state index in [9.17, 15) is 9.18 Å². The molecule has 0 unspecified atom stereocenters. The van der Waals surface area contributed by atoms with Gasteiger partial charge in [0.1, 0.15) is 0 Å². The van der Waals surface area contributed by atoms with Gasteiger partial charge in [-0.2, -0.15) is 0 Å². The quantitative estimate of drug-likeness (QED) is 0.786. The first-order valence-corrected chi connectivity index (χ1v) is 7.44. The fourth-order valence-electron chi connectivity index (χ4n) is 3.38. The van der Waals surface area contributed by atoms with Gasteiger partial charge in [-0.3, -0.25) is 9.78 Å². The molecule has 21 heavy (non-hydrogen) atoms. The van der Waals surface area contributed by atoms with Crippen LogP contribution in [0.1, 0.15) is 48.0 Å². The molecule has 1 saturated carbocycles. The molecule has 2 aromatic rings. The zero-order valence-corrected chi connectivity index (χ0v) is 11.9. The molecule has 1 fully saturated rings. The average molecular weight is 283 g/mol. The lowest BCUT2D eigenvalue weighted by Crippen LogP contribution is -2.38. The maximum absolute atomic E-state index is 14.0. The van der Waals surface area contributed by atoms with Gasteiger partial charge in [-0.25, -0.2) is 4.39 Å². The Morgan fingerprint density at radius 3 is 2.43 bits per heavy atom. The van der Waals surface area contributed by atoms with Gasteiger partial charge in [0.2, 0.25) is 0 Å². The molecule has 3 heteroatoms. The van der Waals surface area contributed by atoms with Crippen molar-refractivity contribution in [1.82, 2.24) is 4.98 Å². The normalized spacial score (nSPS) is 17.4. The third-order valence-electron chi connectivity index (χ3n) is 4.49. The Kier molecular flexibility index (Phi) is 3.82. The van der Waals surface area contributed by atoms with E-state index >= 15 is 0 Å². The van der Waals surface area contributed by atoms with Gasteiger partial charge < -0.3 is 0 Å². The largest absolute Gasteiger partial charge is 0.293 e. The van der Waals surface area contributed by atoms with Gasteiger partial charge in [-0.15, -0.1) is 0 Å². The zero-order valence-electron chi connectivity index (χ0n) is 11.9. The first kappa shape index (κ1) is 13.9. The number of nitrogens with zero attached hydrogens (tertiary/aromatic N) is 1. The molecule has 0 aliphatic heterocycles. The molecule has 2 nitrogen and oxygen atoms in total. The molecule has 0 bridgehead atoms. The number of carbonyl (C=O) groups excluding carboxylic acids is 1. The van der Waals surface area contributed by atoms with Crippen molar-refractivity contribution in [2.75, 3.05) is 0 Å². The molecule has 1 heterocycles. The van der Waals surface area contributed by atoms with Crippen molar-refractivity contribution in [2.45, 2.75) is 37.5 Å². The van der Waals surface area contributed by atoms with Crippen molar-refractivity contribution in [3.05, 3.63) is 65.7 Å². The zero-order chi connectivity index (χ0) is 14.7. The van der Waals surface area contributed by atoms with Gasteiger partial charge in [0.25, 0.3) is 0 Å². The summed E-state index contributed by atoms with van der Waals surface area (Å²) in [6.45, 7) is 0. The number of rotatable bonds is 3. The standard InChI is InChI=1S/C18H18FNO/c19-16-13-20-12-9-15(16)17(21)18(10-5-2-6-11-18)14-7-3-1-4-8-14/h1,3-4,7-9,12-13H,2,5-6,10-11H2. The minimum atomic E-state index is -0.582. The van der Waals surface area contributed by atoms with Crippen LogP contribution in [0, 0.1) is 5.82 Å². The average Bonchev–Trinajstić information content (AvgIpc) is 2.56. The number of halogens is 1. The SMILES string of the molecule is O=C(c1ccncc1F)C1(c2ccccc2)CCCCC1. The Balaban J connectivity index is 2.08. The third kappa shape index (κ3) is 2.48. The second-order valence-corrected chi connectivity index (χ2v) is 5.69. The van der Waals surface area contributed by atoms with Crippen molar-refractivity contribution < 1.29 is 9.18 Å². The molecule has 0 spiro atoms. The van der Waals surface area contributed by atoms with E-state index in [0.717, 1.165) is 43.9 Å². The van der Waals surface area contributed by atoms with E-state index in [0.29, 0.717) is 0 Å². The number of hydrogen-bond donors (Lipinski definition) is 0. The van der Waals surface area contributed by atoms with Gasteiger partial charge >= 0.3 is 0 Å². The lowest BCUT2D eigenvalue weighted by atomic mass is 9.65. The summed E-state index contributed by atoms with van der Waals surface area (Å²) < 4.78 is 14.0. The first-order chi connectivity index (χ1) is 10.2. The summed E-state index contributed by atoms with van der Waals surface area (Å²) in [4.78, 5) is 16.8. The predicted molar refractivity (Wildman–Crippen MR) is 79.7 cm³/mol. The molecule has 0 amide bonds. The number of carbonyl (C=O) groups is 1. The maximum Gasteiger partial charge on any atom is 0.176 e. The minimum Gasteiger partial charge on any atom is -0.293 e. The molecule has 0 radical (unpaired) electrons. The number of benzene rings is 1. The Labute approximate surface area is 124 Å². The Morgan fingerprint density at radius 1 is 1.05 bits per heavy atom. The number of pyridine rings is 1. The monoisotopic (exact) mass is 283 g/mol.